The zero-order valence-corrected chi connectivity index (χ0v) is 20.1. The highest BCUT2D eigenvalue weighted by Crippen LogP contribution is 2.27. The first-order valence-corrected chi connectivity index (χ1v) is 11.7. The second-order valence-electron chi connectivity index (χ2n) is 8.27. The van der Waals surface area contributed by atoms with Crippen LogP contribution in [0.3, 0.4) is 0 Å². The van der Waals surface area contributed by atoms with Crippen molar-refractivity contribution < 1.29 is 14.4 Å². The molecule has 1 heterocycles. The third-order valence-electron chi connectivity index (χ3n) is 5.65. The van der Waals surface area contributed by atoms with E-state index in [4.69, 9.17) is 0 Å². The Morgan fingerprint density at radius 3 is 2.24 bits per heavy atom. The standard InChI is InChI=1S/C26H26N4O3S/c1-29(2)21-13-11-20(12-14-21)27-25(32)30(3)22-6-4-5-19(16-22)18-9-7-17(8-10-18)15-23-24(31)28-26(33)34-23/h4-14,16,23H,15H2,1-3H3,(H,27,32)(H,28,31,33). The minimum Gasteiger partial charge on any atom is -0.378 e. The van der Waals surface area contributed by atoms with Gasteiger partial charge in [0.1, 0.15) is 0 Å². The monoisotopic (exact) mass is 474 g/mol. The predicted molar refractivity (Wildman–Crippen MR) is 139 cm³/mol. The van der Waals surface area contributed by atoms with Crippen molar-refractivity contribution in [1.82, 2.24) is 5.32 Å². The van der Waals surface area contributed by atoms with E-state index in [0.717, 1.165) is 45.5 Å². The Kier molecular flexibility index (Phi) is 6.88. The molecular weight excluding hydrogens is 448 g/mol. The zero-order valence-electron chi connectivity index (χ0n) is 19.2. The molecule has 1 aliphatic heterocycles. The third kappa shape index (κ3) is 5.40. The van der Waals surface area contributed by atoms with E-state index in [-0.39, 0.29) is 22.4 Å². The summed E-state index contributed by atoms with van der Waals surface area (Å²) in [5.74, 6) is -0.235. The summed E-state index contributed by atoms with van der Waals surface area (Å²) in [6, 6.07) is 23.1. The van der Waals surface area contributed by atoms with Crippen molar-refractivity contribution in [2.45, 2.75) is 11.7 Å². The number of amides is 4. The quantitative estimate of drug-likeness (QED) is 0.527. The average Bonchev–Trinajstić information content (AvgIpc) is 3.15. The predicted octanol–water partition coefficient (Wildman–Crippen LogP) is 4.98. The molecular formula is C26H26N4O3S. The van der Waals surface area contributed by atoms with Crippen molar-refractivity contribution in [3.05, 3.63) is 78.4 Å². The van der Waals surface area contributed by atoms with E-state index in [0.29, 0.717) is 6.42 Å². The van der Waals surface area contributed by atoms with Gasteiger partial charge in [0, 0.05) is 38.2 Å². The molecule has 174 valence electrons. The molecule has 3 aromatic rings. The molecule has 8 heteroatoms. The maximum absolute atomic E-state index is 12.8. The molecule has 0 aromatic heterocycles. The van der Waals surface area contributed by atoms with Gasteiger partial charge >= 0.3 is 6.03 Å². The molecule has 34 heavy (non-hydrogen) atoms. The van der Waals surface area contributed by atoms with E-state index < -0.39 is 0 Å². The molecule has 1 aliphatic rings. The summed E-state index contributed by atoms with van der Waals surface area (Å²) < 4.78 is 0. The Bertz CT molecular complexity index is 1210. The molecule has 4 rings (SSSR count). The van der Waals surface area contributed by atoms with Crippen LogP contribution in [0.2, 0.25) is 0 Å². The van der Waals surface area contributed by atoms with Crippen molar-refractivity contribution in [3.63, 3.8) is 0 Å². The summed E-state index contributed by atoms with van der Waals surface area (Å²) in [6.07, 6.45) is 0.501. The van der Waals surface area contributed by atoms with Crippen LogP contribution in [0.5, 0.6) is 0 Å². The number of anilines is 3. The molecule has 1 atom stereocenters. The Hall–Kier alpha value is -3.78. The van der Waals surface area contributed by atoms with Crippen LogP contribution < -0.4 is 20.4 Å². The van der Waals surface area contributed by atoms with Gasteiger partial charge in [-0.2, -0.15) is 0 Å². The highest BCUT2D eigenvalue weighted by molar-refractivity contribution is 8.15. The first-order valence-electron chi connectivity index (χ1n) is 10.8. The van der Waals surface area contributed by atoms with Crippen LogP contribution >= 0.6 is 11.8 Å². The van der Waals surface area contributed by atoms with Crippen molar-refractivity contribution >= 4 is 46.0 Å². The molecule has 0 radical (unpaired) electrons. The smallest absolute Gasteiger partial charge is 0.326 e. The van der Waals surface area contributed by atoms with E-state index in [1.165, 1.54) is 0 Å². The summed E-state index contributed by atoms with van der Waals surface area (Å²) in [7, 11) is 5.67. The zero-order chi connectivity index (χ0) is 24.2. The third-order valence-corrected chi connectivity index (χ3v) is 6.63. The fourth-order valence-corrected chi connectivity index (χ4v) is 4.50. The molecule has 3 aromatic carbocycles. The maximum atomic E-state index is 12.8. The second kappa shape index (κ2) is 10.0. The average molecular weight is 475 g/mol. The number of nitrogens with zero attached hydrogens (tertiary/aromatic N) is 2. The highest BCUT2D eigenvalue weighted by Gasteiger charge is 2.31. The Labute approximate surface area is 203 Å². The van der Waals surface area contributed by atoms with Crippen molar-refractivity contribution in [2.24, 2.45) is 0 Å². The SMILES string of the molecule is CN(C)c1ccc(NC(=O)N(C)c2cccc(-c3ccc(CC4SC(=O)NC4=O)cc3)c2)cc1. The van der Waals surface area contributed by atoms with Gasteiger partial charge in [-0.25, -0.2) is 4.79 Å². The number of imide groups is 1. The van der Waals surface area contributed by atoms with Gasteiger partial charge in [-0.15, -0.1) is 0 Å². The topological polar surface area (TPSA) is 81.8 Å². The number of hydrogen-bond donors (Lipinski definition) is 2. The summed E-state index contributed by atoms with van der Waals surface area (Å²) in [5, 5.41) is 4.57. The minimum absolute atomic E-state index is 0.230. The van der Waals surface area contributed by atoms with Gasteiger partial charge in [0.25, 0.3) is 5.24 Å². The maximum Gasteiger partial charge on any atom is 0.326 e. The van der Waals surface area contributed by atoms with Crippen LogP contribution in [0.25, 0.3) is 11.1 Å². The molecule has 1 unspecified atom stereocenters. The molecule has 4 amide bonds. The molecule has 7 nitrogen and oxygen atoms in total. The molecule has 0 spiro atoms. The van der Waals surface area contributed by atoms with Crippen LogP contribution in [0.1, 0.15) is 5.56 Å². The van der Waals surface area contributed by atoms with E-state index >= 15 is 0 Å². The number of carbonyl (C=O) groups excluding carboxylic acids is 3. The highest BCUT2D eigenvalue weighted by atomic mass is 32.2. The lowest BCUT2D eigenvalue weighted by molar-refractivity contribution is -0.118. The lowest BCUT2D eigenvalue weighted by Crippen LogP contribution is -2.31. The summed E-state index contributed by atoms with van der Waals surface area (Å²) in [6.45, 7) is 0. The molecule has 2 N–H and O–H groups in total. The summed E-state index contributed by atoms with van der Waals surface area (Å²) in [4.78, 5) is 39.5. The van der Waals surface area contributed by atoms with Gasteiger partial charge in [-0.3, -0.25) is 19.8 Å². The summed E-state index contributed by atoms with van der Waals surface area (Å²) in [5.41, 5.74) is 5.51. The number of urea groups is 1. The minimum atomic E-state index is -0.382. The number of carbonyl (C=O) groups is 3. The lowest BCUT2D eigenvalue weighted by Gasteiger charge is -2.19. The van der Waals surface area contributed by atoms with Crippen LogP contribution in [-0.2, 0) is 11.2 Å². The van der Waals surface area contributed by atoms with Crippen LogP contribution in [0.15, 0.2) is 72.8 Å². The molecule has 1 saturated heterocycles. The fraction of sp³-hybridized carbons (Fsp3) is 0.192. The van der Waals surface area contributed by atoms with Gasteiger partial charge < -0.3 is 10.2 Å². The number of thioether (sulfide) groups is 1. The van der Waals surface area contributed by atoms with Crippen LogP contribution in [0, 0.1) is 0 Å². The van der Waals surface area contributed by atoms with Gasteiger partial charge in [0.2, 0.25) is 5.91 Å². The Morgan fingerprint density at radius 2 is 1.62 bits per heavy atom. The van der Waals surface area contributed by atoms with Gasteiger partial charge in [-0.1, -0.05) is 48.2 Å². The normalized spacial score (nSPS) is 15.1. The number of benzene rings is 3. The molecule has 0 bridgehead atoms. The Morgan fingerprint density at radius 1 is 0.912 bits per heavy atom. The number of rotatable bonds is 6. The van der Waals surface area contributed by atoms with E-state index in [1.54, 1.807) is 11.9 Å². The number of nitrogens with one attached hydrogen (secondary N) is 2. The van der Waals surface area contributed by atoms with Gasteiger partial charge in [-0.05, 0) is 59.5 Å². The van der Waals surface area contributed by atoms with Crippen molar-refractivity contribution in [1.29, 1.82) is 0 Å². The summed E-state index contributed by atoms with van der Waals surface area (Å²) >= 11 is 1.03. The van der Waals surface area contributed by atoms with E-state index in [9.17, 15) is 14.4 Å². The first-order chi connectivity index (χ1) is 16.3. The first kappa shape index (κ1) is 23.4. The fourth-order valence-electron chi connectivity index (χ4n) is 3.64. The second-order valence-corrected chi connectivity index (χ2v) is 9.44. The van der Waals surface area contributed by atoms with E-state index in [1.807, 2.05) is 91.8 Å². The van der Waals surface area contributed by atoms with Crippen molar-refractivity contribution in [2.75, 3.05) is 36.3 Å². The van der Waals surface area contributed by atoms with E-state index in [2.05, 4.69) is 10.6 Å². The molecule has 0 aliphatic carbocycles. The lowest BCUT2D eigenvalue weighted by atomic mass is 10.0. The van der Waals surface area contributed by atoms with Crippen LogP contribution in [0.4, 0.5) is 26.7 Å². The van der Waals surface area contributed by atoms with Gasteiger partial charge in [0.15, 0.2) is 0 Å². The molecule has 1 fully saturated rings. The largest absolute Gasteiger partial charge is 0.378 e. The number of hydrogen-bond acceptors (Lipinski definition) is 5. The van der Waals surface area contributed by atoms with Crippen LogP contribution in [-0.4, -0.2) is 43.6 Å². The Balaban J connectivity index is 1.43. The van der Waals surface area contributed by atoms with Gasteiger partial charge in [0.05, 0.1) is 5.25 Å². The van der Waals surface area contributed by atoms with Crippen molar-refractivity contribution in [3.8, 4) is 11.1 Å². The molecule has 0 saturated carbocycles.